The number of amides is 1. The Hall–Kier alpha value is -4.10. The number of carbonyl (C=O) groups is 2. The molecule has 8 heteroatoms. The van der Waals surface area contributed by atoms with E-state index in [-0.39, 0.29) is 23.4 Å². The topological polar surface area (TPSA) is 86.6 Å². The molecule has 0 radical (unpaired) electrons. The summed E-state index contributed by atoms with van der Waals surface area (Å²) in [5.41, 5.74) is 0.957. The van der Waals surface area contributed by atoms with E-state index in [1.807, 2.05) is 0 Å². The summed E-state index contributed by atoms with van der Waals surface area (Å²) in [6, 6.07) is 18.5. The summed E-state index contributed by atoms with van der Waals surface area (Å²) in [6.45, 7) is 0.608. The van der Waals surface area contributed by atoms with E-state index in [1.165, 1.54) is 6.20 Å². The standard InChI is InChI=1S/C26H19ClN2O5/c27-17-6-8-18(9-7-17)28-24(30)15-29-14-20(25(31)16-4-2-1-3-5-16)26(32)19-12-22-23(13-21(19)29)34-11-10-33-22/h1-9,12-14H,10-11,15H2,(H,28,30). The minimum atomic E-state index is -0.435. The summed E-state index contributed by atoms with van der Waals surface area (Å²) in [4.78, 5) is 39.4. The van der Waals surface area contributed by atoms with Gasteiger partial charge in [0, 0.05) is 28.5 Å². The number of ketones is 1. The van der Waals surface area contributed by atoms with Gasteiger partial charge in [0.1, 0.15) is 19.8 Å². The number of pyridine rings is 1. The zero-order valence-corrected chi connectivity index (χ0v) is 18.7. The SMILES string of the molecule is O=C(Cn1cc(C(=O)c2ccccc2)c(=O)c2cc3c(cc21)OCCO3)Nc1ccc(Cl)cc1. The van der Waals surface area contributed by atoms with Crippen LogP contribution in [0.5, 0.6) is 11.5 Å². The first kappa shape index (κ1) is 21.7. The van der Waals surface area contributed by atoms with Crippen molar-refractivity contribution in [2.75, 3.05) is 18.5 Å². The van der Waals surface area contributed by atoms with Crippen molar-refractivity contribution in [2.45, 2.75) is 6.54 Å². The molecular formula is C26H19ClN2O5. The van der Waals surface area contributed by atoms with Crippen molar-refractivity contribution in [1.29, 1.82) is 0 Å². The van der Waals surface area contributed by atoms with E-state index in [1.54, 1.807) is 71.3 Å². The van der Waals surface area contributed by atoms with E-state index in [2.05, 4.69) is 5.32 Å². The van der Waals surface area contributed by atoms with E-state index in [9.17, 15) is 14.4 Å². The molecule has 170 valence electrons. The van der Waals surface area contributed by atoms with Gasteiger partial charge in [-0.1, -0.05) is 41.9 Å². The molecule has 0 aliphatic carbocycles. The Morgan fingerprint density at radius 3 is 2.32 bits per heavy atom. The lowest BCUT2D eigenvalue weighted by Gasteiger charge is -2.20. The molecule has 1 aromatic heterocycles. The fourth-order valence-corrected chi connectivity index (χ4v) is 3.98. The first-order valence-corrected chi connectivity index (χ1v) is 11.0. The van der Waals surface area contributed by atoms with Crippen molar-refractivity contribution in [1.82, 2.24) is 4.57 Å². The van der Waals surface area contributed by atoms with Gasteiger partial charge in [-0.15, -0.1) is 0 Å². The summed E-state index contributed by atoms with van der Waals surface area (Å²) in [7, 11) is 0. The highest BCUT2D eigenvalue weighted by atomic mass is 35.5. The molecule has 3 aromatic carbocycles. The van der Waals surface area contributed by atoms with Crippen LogP contribution in [-0.2, 0) is 11.3 Å². The van der Waals surface area contributed by atoms with Crippen LogP contribution in [0.15, 0.2) is 77.7 Å². The minimum absolute atomic E-state index is 0.0327. The normalized spacial score (nSPS) is 12.4. The summed E-state index contributed by atoms with van der Waals surface area (Å²) >= 11 is 5.91. The van der Waals surface area contributed by atoms with Gasteiger partial charge < -0.3 is 19.4 Å². The van der Waals surface area contributed by atoms with E-state index in [0.717, 1.165) is 0 Å². The number of aromatic nitrogens is 1. The van der Waals surface area contributed by atoms with Crippen molar-refractivity contribution in [3.05, 3.63) is 99.3 Å². The number of rotatable bonds is 5. The number of anilines is 1. The lowest BCUT2D eigenvalue weighted by atomic mass is 10.0. The maximum Gasteiger partial charge on any atom is 0.244 e. The molecule has 1 aliphatic heterocycles. The monoisotopic (exact) mass is 474 g/mol. The number of ether oxygens (including phenoxy) is 2. The number of nitrogens with zero attached hydrogens (tertiary/aromatic N) is 1. The molecule has 5 rings (SSSR count). The van der Waals surface area contributed by atoms with Crippen molar-refractivity contribution in [3.63, 3.8) is 0 Å². The predicted molar refractivity (Wildman–Crippen MR) is 129 cm³/mol. The van der Waals surface area contributed by atoms with E-state index < -0.39 is 11.2 Å². The highest BCUT2D eigenvalue weighted by Gasteiger charge is 2.21. The molecule has 0 saturated carbocycles. The van der Waals surface area contributed by atoms with Crippen LogP contribution in [-0.4, -0.2) is 29.5 Å². The van der Waals surface area contributed by atoms with Crippen molar-refractivity contribution in [2.24, 2.45) is 0 Å². The number of hydrogen-bond donors (Lipinski definition) is 1. The molecule has 2 heterocycles. The molecule has 0 saturated heterocycles. The van der Waals surface area contributed by atoms with Gasteiger partial charge in [-0.05, 0) is 30.3 Å². The van der Waals surface area contributed by atoms with E-state index >= 15 is 0 Å². The Morgan fingerprint density at radius 2 is 1.62 bits per heavy atom. The van der Waals surface area contributed by atoms with Gasteiger partial charge in [0.05, 0.1) is 16.5 Å². The Labute approximate surface area is 199 Å². The smallest absolute Gasteiger partial charge is 0.244 e. The lowest BCUT2D eigenvalue weighted by Crippen LogP contribution is -2.25. The number of hydrogen-bond acceptors (Lipinski definition) is 5. The van der Waals surface area contributed by atoms with Gasteiger partial charge in [-0.25, -0.2) is 0 Å². The maximum atomic E-state index is 13.3. The number of halogens is 1. The number of fused-ring (bicyclic) bond motifs is 2. The molecule has 0 unspecified atom stereocenters. The van der Waals surface area contributed by atoms with Gasteiger partial charge in [0.2, 0.25) is 11.3 Å². The minimum Gasteiger partial charge on any atom is -0.486 e. The maximum absolute atomic E-state index is 13.3. The molecular weight excluding hydrogens is 456 g/mol. The third kappa shape index (κ3) is 4.25. The average Bonchev–Trinajstić information content (AvgIpc) is 2.86. The van der Waals surface area contributed by atoms with Crippen LogP contribution in [0.4, 0.5) is 5.69 Å². The fourth-order valence-electron chi connectivity index (χ4n) is 3.85. The zero-order chi connectivity index (χ0) is 23.7. The molecule has 0 spiro atoms. The molecule has 0 fully saturated rings. The molecule has 1 N–H and O–H groups in total. The largest absolute Gasteiger partial charge is 0.486 e. The van der Waals surface area contributed by atoms with Gasteiger partial charge in [-0.3, -0.25) is 14.4 Å². The second-order valence-electron chi connectivity index (χ2n) is 7.76. The third-order valence-electron chi connectivity index (χ3n) is 5.47. The van der Waals surface area contributed by atoms with Crippen LogP contribution in [0.2, 0.25) is 5.02 Å². The van der Waals surface area contributed by atoms with Crippen molar-refractivity contribution >= 4 is 39.9 Å². The van der Waals surface area contributed by atoms with Crippen LogP contribution in [0.3, 0.4) is 0 Å². The molecule has 7 nitrogen and oxygen atoms in total. The lowest BCUT2D eigenvalue weighted by molar-refractivity contribution is -0.116. The zero-order valence-electron chi connectivity index (χ0n) is 17.9. The molecule has 1 aliphatic rings. The first-order chi connectivity index (χ1) is 16.5. The quantitative estimate of drug-likeness (QED) is 0.436. The second kappa shape index (κ2) is 9.03. The van der Waals surface area contributed by atoms with Gasteiger partial charge >= 0.3 is 0 Å². The van der Waals surface area contributed by atoms with Gasteiger partial charge in [0.25, 0.3) is 0 Å². The predicted octanol–water partition coefficient (Wildman–Crippen LogP) is 4.30. The van der Waals surface area contributed by atoms with Crippen LogP contribution in [0.1, 0.15) is 15.9 Å². The Balaban J connectivity index is 1.60. The highest BCUT2D eigenvalue weighted by Crippen LogP contribution is 2.34. The number of benzene rings is 3. The van der Waals surface area contributed by atoms with Crippen LogP contribution >= 0.6 is 11.6 Å². The summed E-state index contributed by atoms with van der Waals surface area (Å²) in [5.74, 6) is 0.152. The fraction of sp³-hybridized carbons (Fsp3) is 0.115. The summed E-state index contributed by atoms with van der Waals surface area (Å²) in [6.07, 6.45) is 1.43. The Bertz CT molecular complexity index is 1460. The van der Waals surface area contributed by atoms with Crippen molar-refractivity contribution < 1.29 is 19.1 Å². The molecule has 0 atom stereocenters. The Kier molecular flexibility index (Phi) is 5.77. The van der Waals surface area contributed by atoms with Crippen molar-refractivity contribution in [3.8, 4) is 11.5 Å². The van der Waals surface area contributed by atoms with Gasteiger partial charge in [-0.2, -0.15) is 0 Å². The molecule has 0 bridgehead atoms. The number of nitrogens with one attached hydrogen (secondary N) is 1. The van der Waals surface area contributed by atoms with Crippen LogP contribution in [0, 0.1) is 0 Å². The van der Waals surface area contributed by atoms with Crippen LogP contribution < -0.4 is 20.2 Å². The first-order valence-electron chi connectivity index (χ1n) is 10.6. The molecule has 1 amide bonds. The second-order valence-corrected chi connectivity index (χ2v) is 8.20. The summed E-state index contributed by atoms with van der Waals surface area (Å²) in [5, 5.41) is 3.63. The average molecular weight is 475 g/mol. The molecule has 34 heavy (non-hydrogen) atoms. The number of carbonyl (C=O) groups excluding carboxylic acids is 2. The van der Waals surface area contributed by atoms with E-state index in [4.69, 9.17) is 21.1 Å². The van der Waals surface area contributed by atoms with Crippen LogP contribution in [0.25, 0.3) is 10.9 Å². The molecule has 4 aromatic rings. The van der Waals surface area contributed by atoms with Gasteiger partial charge in [0.15, 0.2) is 17.3 Å². The summed E-state index contributed by atoms with van der Waals surface area (Å²) < 4.78 is 12.9. The Morgan fingerprint density at radius 1 is 0.941 bits per heavy atom. The third-order valence-corrected chi connectivity index (χ3v) is 5.72. The highest BCUT2D eigenvalue weighted by molar-refractivity contribution is 6.30. The van der Waals surface area contributed by atoms with E-state index in [0.29, 0.717) is 46.5 Å².